The first-order valence-corrected chi connectivity index (χ1v) is 12.3. The molecule has 3 heterocycles. The Morgan fingerprint density at radius 1 is 1.17 bits per heavy atom. The number of nitrogens with one attached hydrogen (secondary N) is 1. The highest BCUT2D eigenvalue weighted by Gasteiger charge is 2.36. The summed E-state index contributed by atoms with van der Waals surface area (Å²) in [6.07, 6.45) is -2.97. The van der Waals surface area contributed by atoms with Gasteiger partial charge in [0.2, 0.25) is 0 Å². The van der Waals surface area contributed by atoms with Gasteiger partial charge in [0.15, 0.2) is 11.3 Å². The predicted octanol–water partition coefficient (Wildman–Crippen LogP) is 5.93. The largest absolute Gasteiger partial charge is 0.433 e. The molecule has 0 unspecified atom stereocenters. The summed E-state index contributed by atoms with van der Waals surface area (Å²) in [4.78, 5) is 17.3. The molecule has 0 fully saturated rings. The van der Waals surface area contributed by atoms with E-state index in [1.807, 2.05) is 44.5 Å². The molecule has 0 atom stereocenters. The molecule has 1 N–H and O–H groups in total. The van der Waals surface area contributed by atoms with Gasteiger partial charge in [-0.25, -0.2) is 9.50 Å². The van der Waals surface area contributed by atoms with Crippen LogP contribution in [0, 0.1) is 13.8 Å². The molecule has 0 bridgehead atoms. The fraction of sp³-hybridized carbons (Fsp3) is 0.360. The zero-order chi connectivity index (χ0) is 26.2. The molecule has 0 radical (unpaired) electrons. The van der Waals surface area contributed by atoms with Crippen LogP contribution in [0.2, 0.25) is 0 Å². The van der Waals surface area contributed by atoms with Crippen LogP contribution in [0.4, 0.5) is 13.2 Å². The number of carbonyl (C=O) groups excluding carboxylic acids is 1. The van der Waals surface area contributed by atoms with Gasteiger partial charge in [0.05, 0.1) is 22.1 Å². The highest BCUT2D eigenvalue weighted by Crippen LogP contribution is 2.33. The molecule has 1 aromatic carbocycles. The van der Waals surface area contributed by atoms with E-state index in [1.165, 1.54) is 0 Å². The second-order valence-electron chi connectivity index (χ2n) is 8.91. The second-order valence-corrected chi connectivity index (χ2v) is 9.71. The van der Waals surface area contributed by atoms with Crippen molar-refractivity contribution in [1.82, 2.24) is 29.7 Å². The fourth-order valence-electron chi connectivity index (χ4n) is 3.93. The lowest BCUT2D eigenvalue weighted by atomic mass is 10.0. The fourth-order valence-corrected chi connectivity index (χ4v) is 4.21. The van der Waals surface area contributed by atoms with Crippen molar-refractivity contribution in [3.63, 3.8) is 0 Å². The Hall–Kier alpha value is -3.21. The third-order valence-electron chi connectivity index (χ3n) is 6.01. The lowest BCUT2D eigenvalue weighted by Crippen LogP contribution is -2.25. The van der Waals surface area contributed by atoms with Gasteiger partial charge in [-0.15, -0.1) is 0 Å². The lowest BCUT2D eigenvalue weighted by Gasteiger charge is -2.12. The first-order valence-electron chi connectivity index (χ1n) is 11.5. The van der Waals surface area contributed by atoms with Gasteiger partial charge in [-0.2, -0.15) is 23.4 Å². The number of hydrogen-bond acceptors (Lipinski definition) is 4. The lowest BCUT2D eigenvalue weighted by molar-refractivity contribution is -0.142. The Morgan fingerprint density at radius 2 is 1.86 bits per heavy atom. The van der Waals surface area contributed by atoms with Crippen molar-refractivity contribution in [2.24, 2.45) is 0 Å². The van der Waals surface area contributed by atoms with Crippen LogP contribution in [0.15, 0.2) is 41.0 Å². The Morgan fingerprint density at radius 3 is 2.44 bits per heavy atom. The van der Waals surface area contributed by atoms with E-state index < -0.39 is 17.8 Å². The summed E-state index contributed by atoms with van der Waals surface area (Å²) >= 11 is 3.48. The smallest absolute Gasteiger partial charge is 0.352 e. The van der Waals surface area contributed by atoms with Crippen molar-refractivity contribution in [1.29, 1.82) is 0 Å². The Kier molecular flexibility index (Phi) is 7.21. The van der Waals surface area contributed by atoms with Crippen LogP contribution in [0.3, 0.4) is 0 Å². The monoisotopic (exact) mass is 562 g/mol. The normalized spacial score (nSPS) is 12.0. The number of alkyl halides is 3. The van der Waals surface area contributed by atoms with Crippen molar-refractivity contribution >= 4 is 27.5 Å². The zero-order valence-corrected chi connectivity index (χ0v) is 21.9. The molecular weight excluding hydrogens is 537 g/mol. The average molecular weight is 563 g/mol. The van der Waals surface area contributed by atoms with E-state index in [9.17, 15) is 18.0 Å². The molecule has 0 aliphatic rings. The maximum absolute atomic E-state index is 13.9. The van der Waals surface area contributed by atoms with Gasteiger partial charge >= 0.3 is 6.18 Å². The molecule has 4 aromatic rings. The average Bonchev–Trinajstić information content (AvgIpc) is 3.37. The van der Waals surface area contributed by atoms with E-state index in [1.54, 1.807) is 12.1 Å². The number of carbonyl (C=O) groups is 1. The molecule has 4 rings (SSSR count). The minimum Gasteiger partial charge on any atom is -0.352 e. The van der Waals surface area contributed by atoms with E-state index in [0.717, 1.165) is 33.7 Å². The first-order chi connectivity index (χ1) is 17.0. The summed E-state index contributed by atoms with van der Waals surface area (Å²) in [5.41, 5.74) is 2.41. The maximum Gasteiger partial charge on any atom is 0.433 e. The van der Waals surface area contributed by atoms with E-state index >= 15 is 0 Å². The molecular formula is C25H26BrF3N6O. The summed E-state index contributed by atoms with van der Waals surface area (Å²) in [7, 11) is 0. The summed E-state index contributed by atoms with van der Waals surface area (Å²) in [5, 5.41) is 11.0. The number of hydrogen-bond donors (Lipinski definition) is 1. The molecule has 3 aromatic heterocycles. The highest BCUT2D eigenvalue weighted by molar-refractivity contribution is 9.10. The number of fused-ring (bicyclic) bond motifs is 1. The Labute approximate surface area is 214 Å². The topological polar surface area (TPSA) is 77.1 Å². The van der Waals surface area contributed by atoms with Gasteiger partial charge < -0.3 is 5.32 Å². The van der Waals surface area contributed by atoms with Crippen LogP contribution in [0.5, 0.6) is 0 Å². The number of benzene rings is 1. The van der Waals surface area contributed by atoms with E-state index in [-0.39, 0.29) is 22.8 Å². The van der Waals surface area contributed by atoms with Crippen LogP contribution in [-0.2, 0) is 12.7 Å². The second kappa shape index (κ2) is 10.0. The SMILES string of the molecule is Cc1nn(CCCNC(=O)c2cnn3c(C(F)(F)F)cc(-c4ccc(C(C)C)cc4)nc23)c(C)c1Br. The summed E-state index contributed by atoms with van der Waals surface area (Å²) in [6.45, 7) is 8.81. The molecule has 7 nitrogen and oxygen atoms in total. The third-order valence-corrected chi connectivity index (χ3v) is 7.15. The minimum absolute atomic E-state index is 0.0185. The summed E-state index contributed by atoms with van der Waals surface area (Å²) in [5.74, 6) is -0.249. The zero-order valence-electron chi connectivity index (χ0n) is 20.3. The molecule has 1 amide bonds. The molecule has 11 heteroatoms. The third kappa shape index (κ3) is 5.16. The predicted molar refractivity (Wildman–Crippen MR) is 134 cm³/mol. The van der Waals surface area contributed by atoms with Crippen molar-refractivity contribution in [2.45, 2.75) is 52.8 Å². The van der Waals surface area contributed by atoms with E-state index in [2.05, 4.69) is 36.4 Å². The number of aromatic nitrogens is 5. The molecule has 0 saturated heterocycles. The minimum atomic E-state index is -4.68. The van der Waals surface area contributed by atoms with Gasteiger partial charge in [-0.1, -0.05) is 38.1 Å². The van der Waals surface area contributed by atoms with Gasteiger partial charge in [0, 0.05) is 24.3 Å². The van der Waals surface area contributed by atoms with E-state index in [0.29, 0.717) is 29.6 Å². The maximum atomic E-state index is 13.9. The molecule has 0 saturated carbocycles. The Balaban J connectivity index is 1.59. The summed E-state index contributed by atoms with van der Waals surface area (Å²) < 4.78 is 45.1. The van der Waals surface area contributed by atoms with Crippen LogP contribution in [0.1, 0.15) is 59.2 Å². The molecule has 36 heavy (non-hydrogen) atoms. The standard InChI is InChI=1S/C25H26BrF3N6O/c1-14(2)17-6-8-18(9-7-17)20-12-21(25(27,28)29)35-23(32-20)19(13-31-35)24(36)30-10-5-11-34-16(4)22(26)15(3)33-34/h6-9,12-14H,5,10-11H2,1-4H3,(H,30,36). The van der Waals surface area contributed by atoms with Crippen molar-refractivity contribution < 1.29 is 18.0 Å². The van der Waals surface area contributed by atoms with Crippen LogP contribution >= 0.6 is 15.9 Å². The van der Waals surface area contributed by atoms with Crippen molar-refractivity contribution in [3.8, 4) is 11.3 Å². The van der Waals surface area contributed by atoms with Crippen molar-refractivity contribution in [2.75, 3.05) is 6.54 Å². The van der Waals surface area contributed by atoms with Crippen LogP contribution < -0.4 is 5.32 Å². The summed E-state index contributed by atoms with van der Waals surface area (Å²) in [6, 6.07) is 8.16. The van der Waals surface area contributed by atoms with Gasteiger partial charge in [-0.3, -0.25) is 9.48 Å². The molecule has 0 aliphatic heterocycles. The number of rotatable bonds is 7. The number of aryl methyl sites for hydroxylation is 2. The molecule has 190 valence electrons. The first kappa shape index (κ1) is 25.9. The van der Waals surface area contributed by atoms with Gasteiger partial charge in [-0.05, 0) is 53.7 Å². The molecule has 0 aliphatic carbocycles. The van der Waals surface area contributed by atoms with Crippen LogP contribution in [0.25, 0.3) is 16.9 Å². The quantitative estimate of drug-likeness (QED) is 0.283. The number of halogens is 4. The Bertz CT molecular complexity index is 1410. The number of nitrogens with zero attached hydrogens (tertiary/aromatic N) is 5. The number of amides is 1. The van der Waals surface area contributed by atoms with Crippen molar-refractivity contribution in [3.05, 3.63) is 69.2 Å². The van der Waals surface area contributed by atoms with E-state index in [4.69, 9.17) is 0 Å². The van der Waals surface area contributed by atoms with Crippen LogP contribution in [-0.4, -0.2) is 36.8 Å². The highest BCUT2D eigenvalue weighted by atomic mass is 79.9. The van der Waals surface area contributed by atoms with Gasteiger partial charge in [0.1, 0.15) is 5.56 Å². The molecule has 0 spiro atoms. The van der Waals surface area contributed by atoms with Gasteiger partial charge in [0.25, 0.3) is 5.91 Å².